The van der Waals surface area contributed by atoms with E-state index in [1.807, 2.05) is 19.9 Å². The molecule has 2 amide bonds. The number of ether oxygens (including phenoxy) is 2. The van der Waals surface area contributed by atoms with E-state index >= 15 is 0 Å². The van der Waals surface area contributed by atoms with Gasteiger partial charge in [-0.15, -0.1) is 0 Å². The lowest BCUT2D eigenvalue weighted by Gasteiger charge is -2.28. The Morgan fingerprint density at radius 3 is 2.42 bits per heavy atom. The van der Waals surface area contributed by atoms with Crippen LogP contribution in [0.15, 0.2) is 34.9 Å². The number of hydrogen-bond donors (Lipinski definition) is 0. The molecule has 0 saturated carbocycles. The summed E-state index contributed by atoms with van der Waals surface area (Å²) in [5.74, 6) is 0.308. The molecule has 1 aromatic carbocycles. The molecule has 1 aliphatic rings. The van der Waals surface area contributed by atoms with Gasteiger partial charge in [-0.05, 0) is 36.6 Å². The van der Waals surface area contributed by atoms with Crippen molar-refractivity contribution in [3.05, 3.63) is 40.5 Å². The molecule has 1 aromatic rings. The molecular formula is C20H22N2O4. The zero-order chi connectivity index (χ0) is 19.4. The lowest BCUT2D eigenvalue weighted by Crippen LogP contribution is -2.44. The molecule has 0 unspecified atom stereocenters. The fourth-order valence-electron chi connectivity index (χ4n) is 2.75. The van der Waals surface area contributed by atoms with E-state index in [9.17, 15) is 14.9 Å². The Balaban J connectivity index is 2.61. The zero-order valence-electron chi connectivity index (χ0n) is 15.6. The topological polar surface area (TPSA) is 79.6 Å². The van der Waals surface area contributed by atoms with Gasteiger partial charge in [0.15, 0.2) is 0 Å². The lowest BCUT2D eigenvalue weighted by molar-refractivity contribution is -0.141. The summed E-state index contributed by atoms with van der Waals surface area (Å²) >= 11 is 0. The molecule has 0 radical (unpaired) electrons. The summed E-state index contributed by atoms with van der Waals surface area (Å²) < 4.78 is 10.5. The van der Waals surface area contributed by atoms with E-state index in [1.54, 1.807) is 38.3 Å². The van der Waals surface area contributed by atoms with Gasteiger partial charge < -0.3 is 9.47 Å². The first-order valence-electron chi connectivity index (χ1n) is 8.25. The van der Waals surface area contributed by atoms with Crippen molar-refractivity contribution in [3.63, 3.8) is 0 Å². The van der Waals surface area contributed by atoms with E-state index in [1.165, 1.54) is 7.11 Å². The summed E-state index contributed by atoms with van der Waals surface area (Å²) in [7, 11) is 3.08. The van der Waals surface area contributed by atoms with Gasteiger partial charge in [0.25, 0.3) is 11.8 Å². The molecule has 26 heavy (non-hydrogen) atoms. The number of carbonyl (C=O) groups is 2. The first kappa shape index (κ1) is 19.3. The Bertz CT molecular complexity index is 844. The minimum Gasteiger partial charge on any atom is -0.497 e. The van der Waals surface area contributed by atoms with Crippen LogP contribution >= 0.6 is 0 Å². The largest absolute Gasteiger partial charge is 0.497 e. The van der Waals surface area contributed by atoms with Crippen LogP contribution in [0.25, 0.3) is 6.08 Å². The van der Waals surface area contributed by atoms with Crippen molar-refractivity contribution in [2.24, 2.45) is 5.92 Å². The standard InChI is InChI=1S/C20H22N2O4/c1-12(2)11-22-19(23)16(13(3)17(10-21)20(22)24)8-14-6-7-15(25-4)9-18(14)26-5/h6-9,12H,11H2,1-5H3/b16-8+. The van der Waals surface area contributed by atoms with Gasteiger partial charge in [-0.3, -0.25) is 14.5 Å². The lowest BCUT2D eigenvalue weighted by atomic mass is 9.93. The first-order chi connectivity index (χ1) is 12.3. The van der Waals surface area contributed by atoms with Crippen molar-refractivity contribution in [2.75, 3.05) is 20.8 Å². The average molecular weight is 354 g/mol. The highest BCUT2D eigenvalue weighted by molar-refractivity contribution is 6.19. The molecule has 0 aromatic heterocycles. The number of nitriles is 1. The van der Waals surface area contributed by atoms with Crippen molar-refractivity contribution in [2.45, 2.75) is 20.8 Å². The molecule has 6 heteroatoms. The highest BCUT2D eigenvalue weighted by atomic mass is 16.5. The number of rotatable bonds is 5. The van der Waals surface area contributed by atoms with Crippen LogP contribution in [0.1, 0.15) is 26.3 Å². The van der Waals surface area contributed by atoms with Crippen molar-refractivity contribution >= 4 is 17.9 Å². The molecule has 1 aliphatic heterocycles. The van der Waals surface area contributed by atoms with Crippen LogP contribution in [0.3, 0.4) is 0 Å². The van der Waals surface area contributed by atoms with E-state index in [4.69, 9.17) is 9.47 Å². The van der Waals surface area contributed by atoms with Gasteiger partial charge in [-0.25, -0.2) is 0 Å². The van der Waals surface area contributed by atoms with Crippen LogP contribution in [-0.4, -0.2) is 37.5 Å². The third kappa shape index (κ3) is 3.62. The molecule has 0 fully saturated rings. The summed E-state index contributed by atoms with van der Waals surface area (Å²) in [4.78, 5) is 26.5. The maximum absolute atomic E-state index is 12.9. The second-order valence-corrected chi connectivity index (χ2v) is 6.39. The molecule has 0 bridgehead atoms. The van der Waals surface area contributed by atoms with Crippen molar-refractivity contribution in [3.8, 4) is 17.6 Å². The molecule has 2 rings (SSSR count). The van der Waals surface area contributed by atoms with Gasteiger partial charge in [0, 0.05) is 23.7 Å². The predicted molar refractivity (Wildman–Crippen MR) is 97.4 cm³/mol. The third-order valence-corrected chi connectivity index (χ3v) is 4.11. The smallest absolute Gasteiger partial charge is 0.271 e. The summed E-state index contributed by atoms with van der Waals surface area (Å²) in [5.41, 5.74) is 1.33. The van der Waals surface area contributed by atoms with Crippen LogP contribution in [0.4, 0.5) is 0 Å². The molecular weight excluding hydrogens is 332 g/mol. The SMILES string of the molecule is COc1ccc(/C=C2/C(=O)N(CC(C)C)C(=O)C(C#N)=C2C)c(OC)c1. The normalized spacial score (nSPS) is 16.3. The zero-order valence-corrected chi connectivity index (χ0v) is 15.6. The van der Waals surface area contributed by atoms with E-state index in [2.05, 4.69) is 0 Å². The van der Waals surface area contributed by atoms with Crippen LogP contribution in [0.5, 0.6) is 11.5 Å². The number of benzene rings is 1. The number of hydrogen-bond acceptors (Lipinski definition) is 5. The van der Waals surface area contributed by atoms with Gasteiger partial charge >= 0.3 is 0 Å². The van der Waals surface area contributed by atoms with Crippen molar-refractivity contribution in [1.29, 1.82) is 5.26 Å². The van der Waals surface area contributed by atoms with Crippen LogP contribution in [0, 0.1) is 17.2 Å². The molecule has 0 atom stereocenters. The highest BCUT2D eigenvalue weighted by Crippen LogP contribution is 2.31. The molecule has 0 spiro atoms. The summed E-state index contributed by atoms with van der Waals surface area (Å²) in [6, 6.07) is 7.16. The second kappa shape index (κ2) is 7.87. The van der Waals surface area contributed by atoms with E-state index < -0.39 is 11.8 Å². The number of amides is 2. The van der Waals surface area contributed by atoms with Crippen molar-refractivity contribution < 1.29 is 19.1 Å². The number of carbonyl (C=O) groups excluding carboxylic acids is 2. The minimum atomic E-state index is -0.539. The Morgan fingerprint density at radius 2 is 1.88 bits per heavy atom. The fraction of sp³-hybridized carbons (Fsp3) is 0.350. The summed E-state index contributed by atoms with van der Waals surface area (Å²) in [6.07, 6.45) is 1.65. The van der Waals surface area contributed by atoms with E-state index in [0.717, 1.165) is 4.90 Å². The van der Waals surface area contributed by atoms with Crippen molar-refractivity contribution in [1.82, 2.24) is 4.90 Å². The van der Waals surface area contributed by atoms with E-state index in [-0.39, 0.29) is 18.0 Å². The minimum absolute atomic E-state index is 0.0102. The number of imide groups is 1. The summed E-state index contributed by atoms with van der Waals surface area (Å²) in [6.45, 7) is 5.69. The van der Waals surface area contributed by atoms with Gasteiger partial charge in [0.05, 0.1) is 14.2 Å². The highest BCUT2D eigenvalue weighted by Gasteiger charge is 2.35. The Labute approximate surface area is 153 Å². The Morgan fingerprint density at radius 1 is 1.19 bits per heavy atom. The number of methoxy groups -OCH3 is 2. The average Bonchev–Trinajstić information content (AvgIpc) is 2.62. The van der Waals surface area contributed by atoms with Crippen LogP contribution < -0.4 is 9.47 Å². The summed E-state index contributed by atoms with van der Waals surface area (Å²) in [5, 5.41) is 9.39. The Kier molecular flexibility index (Phi) is 5.83. The Hall–Kier alpha value is -3.07. The quantitative estimate of drug-likeness (QED) is 0.600. The third-order valence-electron chi connectivity index (χ3n) is 4.11. The first-order valence-corrected chi connectivity index (χ1v) is 8.25. The molecule has 1 heterocycles. The van der Waals surface area contributed by atoms with Crippen LogP contribution in [-0.2, 0) is 9.59 Å². The molecule has 0 aliphatic carbocycles. The predicted octanol–water partition coefficient (Wildman–Crippen LogP) is 2.95. The molecule has 0 N–H and O–H groups in total. The van der Waals surface area contributed by atoms with E-state index in [0.29, 0.717) is 28.2 Å². The van der Waals surface area contributed by atoms with Gasteiger partial charge in [-0.2, -0.15) is 5.26 Å². The molecule has 0 saturated heterocycles. The maximum atomic E-state index is 12.9. The fourth-order valence-corrected chi connectivity index (χ4v) is 2.75. The molecule has 6 nitrogen and oxygen atoms in total. The molecule has 136 valence electrons. The van der Waals surface area contributed by atoms with Gasteiger partial charge in [-0.1, -0.05) is 13.8 Å². The van der Waals surface area contributed by atoms with Gasteiger partial charge in [0.1, 0.15) is 23.1 Å². The van der Waals surface area contributed by atoms with Crippen LogP contribution in [0.2, 0.25) is 0 Å². The number of nitrogens with zero attached hydrogens (tertiary/aromatic N) is 2. The monoisotopic (exact) mass is 354 g/mol. The second-order valence-electron chi connectivity index (χ2n) is 6.39. The van der Waals surface area contributed by atoms with Gasteiger partial charge in [0.2, 0.25) is 0 Å². The maximum Gasteiger partial charge on any atom is 0.271 e.